The number of hydrogen-bond acceptors (Lipinski definition) is 4. The Hall–Kier alpha value is -2.28. The molecule has 2 aliphatic rings. The first kappa shape index (κ1) is 21.9. The largest absolute Gasteiger partial charge is 0.372 e. The number of anilines is 3. The predicted octanol–water partition coefficient (Wildman–Crippen LogP) is 4.64. The van der Waals surface area contributed by atoms with Gasteiger partial charge < -0.3 is 15.5 Å². The molecule has 164 valence electrons. The highest BCUT2D eigenvalue weighted by Gasteiger charge is 2.32. The minimum Gasteiger partial charge on any atom is -0.372 e. The van der Waals surface area contributed by atoms with E-state index in [2.05, 4.69) is 15.5 Å². The van der Waals surface area contributed by atoms with E-state index >= 15 is 0 Å². The summed E-state index contributed by atoms with van der Waals surface area (Å²) in [6.07, 6.45) is 4.01. The minimum atomic E-state index is -0.377. The molecular formula is C23H26Cl2N4O2. The van der Waals surface area contributed by atoms with E-state index in [1.54, 1.807) is 18.2 Å². The van der Waals surface area contributed by atoms with Crippen molar-refractivity contribution in [2.45, 2.75) is 31.7 Å². The zero-order valence-electron chi connectivity index (χ0n) is 17.2. The highest BCUT2D eigenvalue weighted by molar-refractivity contribution is 6.35. The normalized spacial score (nSPS) is 18.9. The lowest BCUT2D eigenvalue weighted by Gasteiger charge is -2.23. The van der Waals surface area contributed by atoms with Crippen molar-refractivity contribution >= 4 is 52.1 Å². The van der Waals surface area contributed by atoms with Crippen LogP contribution in [0.25, 0.3) is 0 Å². The fourth-order valence-corrected chi connectivity index (χ4v) is 4.57. The van der Waals surface area contributed by atoms with E-state index in [0.29, 0.717) is 28.7 Å². The summed E-state index contributed by atoms with van der Waals surface area (Å²) >= 11 is 12.2. The van der Waals surface area contributed by atoms with E-state index in [9.17, 15) is 9.59 Å². The molecule has 8 heteroatoms. The standard InChI is InChI=1S/C23H26Cl2N4O2/c24-16-5-10-19(25)20(14-16)27-23(31)21-4-3-13-29(21)15-22(30)26-17-6-8-18(9-7-17)28-11-1-2-12-28/h5-10,14,21H,1-4,11-13,15H2,(H,26,30)(H,27,31). The summed E-state index contributed by atoms with van der Waals surface area (Å²) in [6, 6.07) is 12.5. The Morgan fingerprint density at radius 2 is 1.68 bits per heavy atom. The fourth-order valence-electron chi connectivity index (χ4n) is 4.24. The van der Waals surface area contributed by atoms with Crippen molar-refractivity contribution in [3.8, 4) is 0 Å². The van der Waals surface area contributed by atoms with Crippen molar-refractivity contribution in [2.24, 2.45) is 0 Å². The molecule has 0 aromatic heterocycles. The van der Waals surface area contributed by atoms with Crippen molar-refractivity contribution in [2.75, 3.05) is 41.7 Å². The van der Waals surface area contributed by atoms with Crippen LogP contribution in [-0.2, 0) is 9.59 Å². The van der Waals surface area contributed by atoms with Gasteiger partial charge in [-0.2, -0.15) is 0 Å². The quantitative estimate of drug-likeness (QED) is 0.658. The lowest BCUT2D eigenvalue weighted by atomic mass is 10.2. The molecule has 2 amide bonds. The molecule has 2 heterocycles. The summed E-state index contributed by atoms with van der Waals surface area (Å²) in [4.78, 5) is 29.7. The summed E-state index contributed by atoms with van der Waals surface area (Å²) in [7, 11) is 0. The van der Waals surface area contributed by atoms with Crippen molar-refractivity contribution in [1.82, 2.24) is 4.90 Å². The molecule has 0 radical (unpaired) electrons. The second-order valence-corrected chi connectivity index (χ2v) is 8.87. The summed E-state index contributed by atoms with van der Waals surface area (Å²) in [5.74, 6) is -0.307. The Morgan fingerprint density at radius 3 is 2.42 bits per heavy atom. The number of nitrogens with one attached hydrogen (secondary N) is 2. The monoisotopic (exact) mass is 460 g/mol. The second kappa shape index (κ2) is 9.90. The van der Waals surface area contributed by atoms with E-state index in [1.807, 2.05) is 29.2 Å². The van der Waals surface area contributed by atoms with Gasteiger partial charge in [0.1, 0.15) is 0 Å². The van der Waals surface area contributed by atoms with E-state index in [0.717, 1.165) is 25.2 Å². The van der Waals surface area contributed by atoms with Crippen LogP contribution in [-0.4, -0.2) is 48.9 Å². The molecule has 2 aromatic rings. The van der Waals surface area contributed by atoms with Crippen LogP contribution in [0.4, 0.5) is 17.1 Å². The van der Waals surface area contributed by atoms with E-state index < -0.39 is 0 Å². The van der Waals surface area contributed by atoms with Crippen molar-refractivity contribution in [3.63, 3.8) is 0 Å². The number of nitrogens with zero attached hydrogens (tertiary/aromatic N) is 2. The van der Waals surface area contributed by atoms with Crippen molar-refractivity contribution in [3.05, 3.63) is 52.5 Å². The molecule has 1 atom stereocenters. The third-order valence-corrected chi connectivity index (χ3v) is 6.39. The number of carbonyl (C=O) groups excluding carboxylic acids is 2. The SMILES string of the molecule is O=C(CN1CCCC1C(=O)Nc1cc(Cl)ccc1Cl)Nc1ccc(N2CCCC2)cc1. The molecule has 0 spiro atoms. The molecule has 0 aliphatic carbocycles. The molecule has 2 saturated heterocycles. The van der Waals surface area contributed by atoms with Crippen LogP contribution in [0.1, 0.15) is 25.7 Å². The number of halogens is 2. The Labute approximate surface area is 192 Å². The number of carbonyl (C=O) groups is 2. The van der Waals surface area contributed by atoms with Crippen molar-refractivity contribution in [1.29, 1.82) is 0 Å². The maximum absolute atomic E-state index is 12.8. The highest BCUT2D eigenvalue weighted by Crippen LogP contribution is 2.27. The van der Waals surface area contributed by atoms with Gasteiger partial charge in [0.25, 0.3) is 0 Å². The van der Waals surface area contributed by atoms with Gasteiger partial charge in [0.05, 0.1) is 23.3 Å². The Bertz CT molecular complexity index is 945. The van der Waals surface area contributed by atoms with Gasteiger partial charge in [-0.1, -0.05) is 23.2 Å². The molecule has 2 aromatic carbocycles. The average Bonchev–Trinajstić information content (AvgIpc) is 3.43. The van der Waals surface area contributed by atoms with Crippen LogP contribution < -0.4 is 15.5 Å². The van der Waals surface area contributed by atoms with Crippen LogP contribution in [0.3, 0.4) is 0 Å². The van der Waals surface area contributed by atoms with Gasteiger partial charge in [0.15, 0.2) is 0 Å². The first-order chi connectivity index (χ1) is 15.0. The van der Waals surface area contributed by atoms with Crippen LogP contribution in [0.2, 0.25) is 10.0 Å². The number of likely N-dealkylation sites (tertiary alicyclic amines) is 1. The molecule has 2 aliphatic heterocycles. The summed E-state index contributed by atoms with van der Waals surface area (Å²) < 4.78 is 0. The van der Waals surface area contributed by atoms with E-state index in [4.69, 9.17) is 23.2 Å². The number of benzene rings is 2. The summed E-state index contributed by atoms with van der Waals surface area (Å²) in [6.45, 7) is 3.03. The molecule has 2 fully saturated rings. The molecule has 1 unspecified atom stereocenters. The minimum absolute atomic E-state index is 0.130. The Morgan fingerprint density at radius 1 is 0.935 bits per heavy atom. The van der Waals surface area contributed by atoms with E-state index in [1.165, 1.54) is 18.5 Å². The van der Waals surface area contributed by atoms with Crippen LogP contribution in [0.5, 0.6) is 0 Å². The molecule has 6 nitrogen and oxygen atoms in total. The number of rotatable bonds is 6. The van der Waals surface area contributed by atoms with Crippen LogP contribution in [0, 0.1) is 0 Å². The summed E-state index contributed by atoms with van der Waals surface area (Å²) in [5.41, 5.74) is 2.43. The zero-order chi connectivity index (χ0) is 21.8. The Kier molecular flexibility index (Phi) is 7.00. The Balaban J connectivity index is 1.33. The van der Waals surface area contributed by atoms with Gasteiger partial charge in [-0.05, 0) is 74.7 Å². The zero-order valence-corrected chi connectivity index (χ0v) is 18.8. The van der Waals surface area contributed by atoms with Gasteiger partial charge in [0.2, 0.25) is 11.8 Å². The molecule has 4 rings (SSSR count). The van der Waals surface area contributed by atoms with Crippen LogP contribution in [0.15, 0.2) is 42.5 Å². The fraction of sp³-hybridized carbons (Fsp3) is 0.391. The molecular weight excluding hydrogens is 435 g/mol. The first-order valence-corrected chi connectivity index (χ1v) is 11.4. The van der Waals surface area contributed by atoms with E-state index in [-0.39, 0.29) is 24.4 Å². The lowest BCUT2D eigenvalue weighted by molar-refractivity contribution is -0.122. The third-order valence-electron chi connectivity index (χ3n) is 5.82. The molecule has 31 heavy (non-hydrogen) atoms. The third kappa shape index (κ3) is 5.50. The van der Waals surface area contributed by atoms with Gasteiger partial charge in [-0.15, -0.1) is 0 Å². The lowest BCUT2D eigenvalue weighted by Crippen LogP contribution is -2.43. The maximum atomic E-state index is 12.8. The molecule has 0 bridgehead atoms. The van der Waals surface area contributed by atoms with Gasteiger partial charge >= 0.3 is 0 Å². The smallest absolute Gasteiger partial charge is 0.241 e. The average molecular weight is 461 g/mol. The van der Waals surface area contributed by atoms with Gasteiger partial charge in [-0.3, -0.25) is 14.5 Å². The predicted molar refractivity (Wildman–Crippen MR) is 126 cm³/mol. The number of hydrogen-bond donors (Lipinski definition) is 2. The number of amides is 2. The molecule has 0 saturated carbocycles. The maximum Gasteiger partial charge on any atom is 0.241 e. The first-order valence-electron chi connectivity index (χ1n) is 10.6. The highest BCUT2D eigenvalue weighted by atomic mass is 35.5. The second-order valence-electron chi connectivity index (χ2n) is 8.03. The van der Waals surface area contributed by atoms with Gasteiger partial charge in [0, 0.05) is 29.5 Å². The summed E-state index contributed by atoms with van der Waals surface area (Å²) in [5, 5.41) is 6.71. The van der Waals surface area contributed by atoms with Crippen LogP contribution >= 0.6 is 23.2 Å². The van der Waals surface area contributed by atoms with Crippen molar-refractivity contribution < 1.29 is 9.59 Å². The molecule has 2 N–H and O–H groups in total. The van der Waals surface area contributed by atoms with Gasteiger partial charge in [-0.25, -0.2) is 0 Å². The topological polar surface area (TPSA) is 64.7 Å².